The Morgan fingerprint density at radius 1 is 1.15 bits per heavy atom. The lowest BCUT2D eigenvalue weighted by atomic mass is 9.89. The molecule has 0 amide bonds. The molecule has 1 aliphatic rings. The van der Waals surface area contributed by atoms with Crippen molar-refractivity contribution in [2.75, 3.05) is 0 Å². The van der Waals surface area contributed by atoms with E-state index in [1.807, 2.05) is 13.8 Å². The molecule has 0 aromatic heterocycles. The van der Waals surface area contributed by atoms with Crippen LogP contribution in [0, 0.1) is 11.8 Å². The summed E-state index contributed by atoms with van der Waals surface area (Å²) in [5.74, 6) is 1.71. The molecule has 0 aromatic carbocycles. The summed E-state index contributed by atoms with van der Waals surface area (Å²) < 4.78 is 0. The Kier molecular flexibility index (Phi) is 5.62. The van der Waals surface area contributed by atoms with E-state index in [9.17, 15) is 0 Å². The van der Waals surface area contributed by atoms with Crippen LogP contribution in [0.2, 0.25) is 0 Å². The third-order valence-corrected chi connectivity index (χ3v) is 2.83. The molecule has 1 nitrogen and oxygen atoms in total. The molecule has 1 rings (SSSR count). The fraction of sp³-hybridized carbons (Fsp3) is 1.00. The monoisotopic (exact) mass is 185 g/mol. The van der Waals surface area contributed by atoms with Crippen LogP contribution in [0.4, 0.5) is 0 Å². The minimum absolute atomic E-state index is 0.115. The lowest BCUT2D eigenvalue weighted by molar-refractivity contribution is 0.357. The highest BCUT2D eigenvalue weighted by atomic mass is 14.7. The van der Waals surface area contributed by atoms with Crippen LogP contribution in [0.5, 0.6) is 0 Å². The zero-order chi connectivity index (χ0) is 10.5. The molecule has 0 aliphatic heterocycles. The summed E-state index contributed by atoms with van der Waals surface area (Å²) in [6.07, 6.45) is 5.10. The molecule has 1 aliphatic carbocycles. The van der Waals surface area contributed by atoms with E-state index < -0.39 is 0 Å². The first kappa shape index (κ1) is 13.0. The van der Waals surface area contributed by atoms with Crippen LogP contribution in [-0.2, 0) is 0 Å². The van der Waals surface area contributed by atoms with Crippen LogP contribution in [-0.4, -0.2) is 5.54 Å². The summed E-state index contributed by atoms with van der Waals surface area (Å²) in [6, 6.07) is 0. The average Bonchev–Trinajstić information content (AvgIpc) is 2.13. The molecular weight excluding hydrogens is 158 g/mol. The first-order valence-corrected chi connectivity index (χ1v) is 5.78. The van der Waals surface area contributed by atoms with E-state index in [1.54, 1.807) is 0 Å². The van der Waals surface area contributed by atoms with Crippen LogP contribution in [0.3, 0.4) is 0 Å². The van der Waals surface area contributed by atoms with Crippen LogP contribution >= 0.6 is 0 Å². The second kappa shape index (κ2) is 5.64. The van der Waals surface area contributed by atoms with Gasteiger partial charge in [-0.25, -0.2) is 0 Å². The van der Waals surface area contributed by atoms with E-state index in [0.29, 0.717) is 0 Å². The second-order valence-electron chi connectivity index (χ2n) is 4.84. The van der Waals surface area contributed by atoms with Crippen LogP contribution < -0.4 is 5.73 Å². The van der Waals surface area contributed by atoms with Crippen molar-refractivity contribution in [3.8, 4) is 0 Å². The zero-order valence-corrected chi connectivity index (χ0v) is 10.1. The molecule has 0 bridgehead atoms. The minimum Gasteiger partial charge on any atom is -0.325 e. The van der Waals surface area contributed by atoms with Gasteiger partial charge in [0.25, 0.3) is 0 Å². The summed E-state index contributed by atoms with van der Waals surface area (Å²) in [5, 5.41) is 0. The van der Waals surface area contributed by atoms with Gasteiger partial charge in [-0.2, -0.15) is 0 Å². The van der Waals surface area contributed by atoms with Crippen molar-refractivity contribution >= 4 is 0 Å². The van der Waals surface area contributed by atoms with E-state index in [2.05, 4.69) is 20.8 Å². The van der Waals surface area contributed by atoms with Crippen molar-refractivity contribution < 1.29 is 0 Å². The van der Waals surface area contributed by atoms with Gasteiger partial charge in [-0.3, -0.25) is 0 Å². The molecule has 0 saturated heterocycles. The van der Waals surface area contributed by atoms with Crippen molar-refractivity contribution in [1.29, 1.82) is 0 Å². The van der Waals surface area contributed by atoms with Crippen LogP contribution in [0.15, 0.2) is 0 Å². The zero-order valence-electron chi connectivity index (χ0n) is 10.1. The molecule has 1 fully saturated rings. The SMILES string of the molecule is CC.CC1CCC(C)(N)CC(C)C1. The Labute approximate surface area is 84.1 Å². The number of hydrogen-bond donors (Lipinski definition) is 1. The second-order valence-corrected chi connectivity index (χ2v) is 4.84. The van der Waals surface area contributed by atoms with Gasteiger partial charge in [0.05, 0.1) is 0 Å². The highest BCUT2D eigenvalue weighted by Gasteiger charge is 2.26. The van der Waals surface area contributed by atoms with Crippen molar-refractivity contribution in [3.63, 3.8) is 0 Å². The standard InChI is InChI=1S/C10H21N.C2H6/c1-8-4-5-10(3,11)7-9(2)6-8;1-2/h8-9H,4-7,11H2,1-3H3;1-2H3. The van der Waals surface area contributed by atoms with Crippen molar-refractivity contribution in [2.45, 2.75) is 65.8 Å². The predicted octanol–water partition coefficient (Wildman–Crippen LogP) is 3.58. The van der Waals surface area contributed by atoms with Crippen molar-refractivity contribution in [1.82, 2.24) is 0 Å². The molecule has 0 aromatic rings. The predicted molar refractivity (Wildman–Crippen MR) is 60.7 cm³/mol. The van der Waals surface area contributed by atoms with Gasteiger partial charge in [0, 0.05) is 5.54 Å². The summed E-state index contributed by atoms with van der Waals surface area (Å²) >= 11 is 0. The van der Waals surface area contributed by atoms with Gasteiger partial charge < -0.3 is 5.73 Å². The maximum atomic E-state index is 6.13. The lowest BCUT2D eigenvalue weighted by Gasteiger charge is -2.24. The highest BCUT2D eigenvalue weighted by Crippen LogP contribution is 2.31. The molecule has 3 unspecified atom stereocenters. The molecule has 3 atom stereocenters. The molecule has 1 saturated carbocycles. The first-order valence-electron chi connectivity index (χ1n) is 5.78. The van der Waals surface area contributed by atoms with Gasteiger partial charge in [-0.15, -0.1) is 0 Å². The van der Waals surface area contributed by atoms with Crippen LogP contribution in [0.25, 0.3) is 0 Å². The maximum Gasteiger partial charge on any atom is 0.0128 e. The maximum absolute atomic E-state index is 6.13. The minimum atomic E-state index is 0.115. The molecule has 0 radical (unpaired) electrons. The number of hydrogen-bond acceptors (Lipinski definition) is 1. The van der Waals surface area contributed by atoms with Crippen molar-refractivity contribution in [2.24, 2.45) is 17.6 Å². The Morgan fingerprint density at radius 2 is 1.69 bits per heavy atom. The number of rotatable bonds is 0. The highest BCUT2D eigenvalue weighted by molar-refractivity contribution is 4.84. The molecule has 2 N–H and O–H groups in total. The summed E-state index contributed by atoms with van der Waals surface area (Å²) in [6.45, 7) is 10.9. The Balaban J connectivity index is 0.000000671. The Morgan fingerprint density at radius 3 is 2.23 bits per heavy atom. The average molecular weight is 185 g/mol. The Bertz CT molecular complexity index is 129. The third kappa shape index (κ3) is 5.30. The van der Waals surface area contributed by atoms with E-state index in [0.717, 1.165) is 11.8 Å². The fourth-order valence-electron chi connectivity index (χ4n) is 2.36. The van der Waals surface area contributed by atoms with Gasteiger partial charge in [0.1, 0.15) is 0 Å². The van der Waals surface area contributed by atoms with Gasteiger partial charge in [0.15, 0.2) is 0 Å². The quantitative estimate of drug-likeness (QED) is 0.574. The van der Waals surface area contributed by atoms with Gasteiger partial charge in [-0.1, -0.05) is 27.7 Å². The van der Waals surface area contributed by atoms with Gasteiger partial charge >= 0.3 is 0 Å². The summed E-state index contributed by atoms with van der Waals surface area (Å²) in [4.78, 5) is 0. The van der Waals surface area contributed by atoms with E-state index in [4.69, 9.17) is 5.73 Å². The molecule has 0 spiro atoms. The topological polar surface area (TPSA) is 26.0 Å². The van der Waals surface area contributed by atoms with Crippen molar-refractivity contribution in [3.05, 3.63) is 0 Å². The Hall–Kier alpha value is -0.0400. The van der Waals surface area contributed by atoms with Gasteiger partial charge in [-0.05, 0) is 44.4 Å². The van der Waals surface area contributed by atoms with E-state index in [1.165, 1.54) is 25.7 Å². The molecule has 1 heteroatoms. The van der Waals surface area contributed by atoms with E-state index >= 15 is 0 Å². The third-order valence-electron chi connectivity index (χ3n) is 2.83. The van der Waals surface area contributed by atoms with Gasteiger partial charge in [0.2, 0.25) is 0 Å². The fourth-order valence-corrected chi connectivity index (χ4v) is 2.36. The summed E-state index contributed by atoms with van der Waals surface area (Å²) in [7, 11) is 0. The normalized spacial score (nSPS) is 40.2. The van der Waals surface area contributed by atoms with E-state index in [-0.39, 0.29) is 5.54 Å². The first-order chi connectivity index (χ1) is 5.99. The molecular formula is C12H27N. The molecule has 13 heavy (non-hydrogen) atoms. The smallest absolute Gasteiger partial charge is 0.0128 e. The lowest BCUT2D eigenvalue weighted by Crippen LogP contribution is -2.36. The summed E-state index contributed by atoms with van der Waals surface area (Å²) in [5.41, 5.74) is 6.25. The molecule has 0 heterocycles. The molecule has 80 valence electrons. The number of nitrogens with two attached hydrogens (primary N) is 1. The van der Waals surface area contributed by atoms with Crippen LogP contribution in [0.1, 0.15) is 60.3 Å². The largest absolute Gasteiger partial charge is 0.325 e.